The van der Waals surface area contributed by atoms with E-state index in [2.05, 4.69) is 15.6 Å². The van der Waals surface area contributed by atoms with Gasteiger partial charge in [-0.1, -0.05) is 24.3 Å². The van der Waals surface area contributed by atoms with Crippen molar-refractivity contribution in [3.05, 3.63) is 60.3 Å². The van der Waals surface area contributed by atoms with E-state index in [1.807, 2.05) is 23.1 Å². The van der Waals surface area contributed by atoms with Crippen LogP contribution in [0.3, 0.4) is 0 Å². The molecule has 9 nitrogen and oxygen atoms in total. The highest BCUT2D eigenvalue weighted by Crippen LogP contribution is 2.14. The molecule has 1 aromatic carbocycles. The molecule has 1 aliphatic rings. The summed E-state index contributed by atoms with van der Waals surface area (Å²) in [5.74, 6) is -0.152. The summed E-state index contributed by atoms with van der Waals surface area (Å²) < 4.78 is 26.7. The summed E-state index contributed by atoms with van der Waals surface area (Å²) in [4.78, 5) is 30.7. The number of benzene rings is 1. The molecule has 0 unspecified atom stereocenters. The molecule has 166 valence electrons. The lowest BCUT2D eigenvalue weighted by molar-refractivity contribution is -0.122. The molecule has 1 aliphatic heterocycles. The van der Waals surface area contributed by atoms with Gasteiger partial charge < -0.3 is 15.5 Å². The second-order valence-electron chi connectivity index (χ2n) is 7.24. The number of hydrogen-bond acceptors (Lipinski definition) is 6. The number of rotatable bonds is 8. The maximum atomic E-state index is 12.6. The van der Waals surface area contributed by atoms with E-state index < -0.39 is 22.0 Å². The Morgan fingerprint density at radius 1 is 1.03 bits per heavy atom. The Kier molecular flexibility index (Phi) is 7.59. The third kappa shape index (κ3) is 6.25. The standard InChI is InChI=1S/C21H27N5O4S/c1-17(24-21(28)18-7-3-2-4-8-18)20(27)23-11-16-31(29,30)26-14-12-25(13-15-26)19-9-5-6-10-22-19/h2-10,17H,11-16H2,1H3,(H,23,27)(H,24,28)/t17-/m1/s1. The highest BCUT2D eigenvalue weighted by molar-refractivity contribution is 7.89. The van der Waals surface area contributed by atoms with Gasteiger partial charge in [0.25, 0.3) is 5.91 Å². The Bertz CT molecular complexity index is 977. The zero-order valence-corrected chi connectivity index (χ0v) is 18.2. The fraction of sp³-hybridized carbons (Fsp3) is 0.381. The van der Waals surface area contributed by atoms with Gasteiger partial charge in [-0.25, -0.2) is 13.4 Å². The highest BCUT2D eigenvalue weighted by atomic mass is 32.2. The molecule has 2 amide bonds. The lowest BCUT2D eigenvalue weighted by atomic mass is 10.2. The average Bonchev–Trinajstić information content (AvgIpc) is 2.80. The maximum Gasteiger partial charge on any atom is 0.251 e. The summed E-state index contributed by atoms with van der Waals surface area (Å²) in [7, 11) is -3.49. The van der Waals surface area contributed by atoms with Crippen molar-refractivity contribution in [2.24, 2.45) is 0 Å². The first-order valence-electron chi connectivity index (χ1n) is 10.1. The van der Waals surface area contributed by atoms with Gasteiger partial charge in [-0.05, 0) is 31.2 Å². The molecule has 0 radical (unpaired) electrons. The fourth-order valence-corrected chi connectivity index (χ4v) is 4.59. The fourth-order valence-electron chi connectivity index (χ4n) is 3.26. The Hall–Kier alpha value is -2.98. The van der Waals surface area contributed by atoms with Gasteiger partial charge in [-0.3, -0.25) is 9.59 Å². The molecule has 1 aromatic heterocycles. The predicted molar refractivity (Wildman–Crippen MR) is 118 cm³/mol. The van der Waals surface area contributed by atoms with Gasteiger partial charge in [-0.15, -0.1) is 0 Å². The van der Waals surface area contributed by atoms with Crippen LogP contribution < -0.4 is 15.5 Å². The zero-order valence-electron chi connectivity index (χ0n) is 17.4. The molecule has 2 aromatic rings. The topological polar surface area (TPSA) is 112 Å². The second kappa shape index (κ2) is 10.4. The van der Waals surface area contributed by atoms with Gasteiger partial charge in [0.05, 0.1) is 5.75 Å². The van der Waals surface area contributed by atoms with Gasteiger partial charge in [0.1, 0.15) is 11.9 Å². The number of sulfonamides is 1. The van der Waals surface area contributed by atoms with Gasteiger partial charge in [0.2, 0.25) is 15.9 Å². The van der Waals surface area contributed by atoms with E-state index in [1.165, 1.54) is 4.31 Å². The Balaban J connectivity index is 1.42. The predicted octanol–water partition coefficient (Wildman–Crippen LogP) is 0.468. The number of pyridine rings is 1. The van der Waals surface area contributed by atoms with Crippen LogP contribution in [-0.4, -0.2) is 74.0 Å². The van der Waals surface area contributed by atoms with Crippen LogP contribution in [0.5, 0.6) is 0 Å². The minimum atomic E-state index is -3.49. The molecule has 31 heavy (non-hydrogen) atoms. The van der Waals surface area contributed by atoms with E-state index in [-0.39, 0.29) is 18.2 Å². The van der Waals surface area contributed by atoms with Crippen molar-refractivity contribution in [1.82, 2.24) is 19.9 Å². The minimum Gasteiger partial charge on any atom is -0.354 e. The van der Waals surface area contributed by atoms with Crippen molar-refractivity contribution in [2.45, 2.75) is 13.0 Å². The summed E-state index contributed by atoms with van der Waals surface area (Å²) in [6.07, 6.45) is 1.71. The summed E-state index contributed by atoms with van der Waals surface area (Å²) in [5, 5.41) is 5.19. The lowest BCUT2D eigenvalue weighted by Crippen LogP contribution is -2.51. The van der Waals surface area contributed by atoms with Gasteiger partial charge >= 0.3 is 0 Å². The van der Waals surface area contributed by atoms with E-state index >= 15 is 0 Å². The zero-order chi connectivity index (χ0) is 22.3. The molecule has 2 heterocycles. The van der Waals surface area contributed by atoms with Crippen molar-refractivity contribution >= 4 is 27.7 Å². The average molecular weight is 446 g/mol. The second-order valence-corrected chi connectivity index (χ2v) is 9.33. The third-order valence-electron chi connectivity index (χ3n) is 5.04. The van der Waals surface area contributed by atoms with E-state index in [0.29, 0.717) is 31.7 Å². The first kappa shape index (κ1) is 22.7. The number of piperazine rings is 1. The number of hydrogen-bond donors (Lipinski definition) is 2. The Labute approximate surface area is 182 Å². The first-order chi connectivity index (χ1) is 14.9. The van der Waals surface area contributed by atoms with Crippen LogP contribution in [0.15, 0.2) is 54.7 Å². The first-order valence-corrected chi connectivity index (χ1v) is 11.7. The summed E-state index contributed by atoms with van der Waals surface area (Å²) in [6.45, 7) is 3.40. The number of amides is 2. The van der Waals surface area contributed by atoms with Crippen molar-refractivity contribution in [1.29, 1.82) is 0 Å². The molecule has 0 spiro atoms. The summed E-state index contributed by atoms with van der Waals surface area (Å²) >= 11 is 0. The summed E-state index contributed by atoms with van der Waals surface area (Å²) in [5.41, 5.74) is 0.453. The van der Waals surface area contributed by atoms with Crippen LogP contribution in [0, 0.1) is 0 Å². The molecule has 2 N–H and O–H groups in total. The number of nitrogens with zero attached hydrogens (tertiary/aromatic N) is 3. The van der Waals surface area contributed by atoms with E-state index in [4.69, 9.17) is 0 Å². The van der Waals surface area contributed by atoms with Crippen LogP contribution in [0.1, 0.15) is 17.3 Å². The normalized spacial score (nSPS) is 15.8. The molecule has 1 atom stereocenters. The van der Waals surface area contributed by atoms with E-state index in [9.17, 15) is 18.0 Å². The molecule has 1 fully saturated rings. The Morgan fingerprint density at radius 2 is 1.71 bits per heavy atom. The number of nitrogens with one attached hydrogen (secondary N) is 2. The number of carbonyl (C=O) groups excluding carboxylic acids is 2. The number of aromatic nitrogens is 1. The van der Waals surface area contributed by atoms with Gasteiger partial charge in [-0.2, -0.15) is 4.31 Å². The highest BCUT2D eigenvalue weighted by Gasteiger charge is 2.27. The van der Waals surface area contributed by atoms with Crippen LogP contribution in [0.2, 0.25) is 0 Å². The molecule has 3 rings (SSSR count). The van der Waals surface area contributed by atoms with E-state index in [1.54, 1.807) is 43.5 Å². The molecule has 0 bridgehead atoms. The molecule has 1 saturated heterocycles. The van der Waals surface area contributed by atoms with Crippen LogP contribution in [0.25, 0.3) is 0 Å². The third-order valence-corrected chi connectivity index (χ3v) is 6.91. The summed E-state index contributed by atoms with van der Waals surface area (Å²) in [6, 6.07) is 13.4. The van der Waals surface area contributed by atoms with Crippen LogP contribution >= 0.6 is 0 Å². The number of carbonyl (C=O) groups is 2. The van der Waals surface area contributed by atoms with Crippen molar-refractivity contribution in [3.63, 3.8) is 0 Å². The largest absolute Gasteiger partial charge is 0.354 e. The molecule has 0 aliphatic carbocycles. The minimum absolute atomic E-state index is 0.0207. The smallest absolute Gasteiger partial charge is 0.251 e. The number of anilines is 1. The molecule has 0 saturated carbocycles. The van der Waals surface area contributed by atoms with E-state index in [0.717, 1.165) is 5.82 Å². The lowest BCUT2D eigenvalue weighted by Gasteiger charge is -2.34. The van der Waals surface area contributed by atoms with Crippen LogP contribution in [-0.2, 0) is 14.8 Å². The maximum absolute atomic E-state index is 12.6. The quantitative estimate of drug-likeness (QED) is 0.611. The van der Waals surface area contributed by atoms with Crippen molar-refractivity contribution in [2.75, 3.05) is 43.4 Å². The Morgan fingerprint density at radius 3 is 2.35 bits per heavy atom. The van der Waals surface area contributed by atoms with Gasteiger partial charge in [0, 0.05) is 44.5 Å². The SMILES string of the molecule is C[C@@H](NC(=O)c1ccccc1)C(=O)NCCS(=O)(=O)N1CCN(c2ccccn2)CC1. The molecular formula is C21H27N5O4S. The molecule has 10 heteroatoms. The molecular weight excluding hydrogens is 418 g/mol. The van der Waals surface area contributed by atoms with Gasteiger partial charge in [0.15, 0.2) is 0 Å². The van der Waals surface area contributed by atoms with Crippen molar-refractivity contribution in [3.8, 4) is 0 Å². The van der Waals surface area contributed by atoms with Crippen LogP contribution in [0.4, 0.5) is 5.82 Å². The monoisotopic (exact) mass is 445 g/mol. The van der Waals surface area contributed by atoms with Crippen molar-refractivity contribution < 1.29 is 18.0 Å².